The van der Waals surface area contributed by atoms with Crippen molar-refractivity contribution in [3.63, 3.8) is 0 Å². The van der Waals surface area contributed by atoms with E-state index in [1.54, 1.807) is 32.1 Å². The van der Waals surface area contributed by atoms with E-state index in [-0.39, 0.29) is 0 Å². The molecule has 108 valence electrons. The maximum absolute atomic E-state index is 3.76. The van der Waals surface area contributed by atoms with E-state index in [4.69, 9.17) is 0 Å². The molecule has 1 heteroatoms. The molecule has 1 aromatic carbocycles. The van der Waals surface area contributed by atoms with Crippen molar-refractivity contribution in [1.82, 2.24) is 5.32 Å². The molecule has 1 nitrogen and oxygen atoms in total. The quantitative estimate of drug-likeness (QED) is 0.865. The van der Waals surface area contributed by atoms with E-state index in [0.29, 0.717) is 0 Å². The van der Waals surface area contributed by atoms with Crippen molar-refractivity contribution in [2.75, 3.05) is 6.54 Å². The first-order chi connectivity index (χ1) is 9.78. The molecule has 0 aliphatic heterocycles. The van der Waals surface area contributed by atoms with Crippen molar-refractivity contribution >= 4 is 0 Å². The van der Waals surface area contributed by atoms with Crippen LogP contribution in [-0.2, 0) is 6.54 Å². The molecule has 0 spiro atoms. The minimum absolute atomic E-state index is 0.979. The summed E-state index contributed by atoms with van der Waals surface area (Å²) in [7, 11) is 0. The summed E-state index contributed by atoms with van der Waals surface area (Å²) < 4.78 is 0. The minimum atomic E-state index is 0.979. The predicted molar refractivity (Wildman–Crippen MR) is 83.4 cm³/mol. The van der Waals surface area contributed by atoms with Gasteiger partial charge in [-0.3, -0.25) is 0 Å². The summed E-state index contributed by atoms with van der Waals surface area (Å²) in [5, 5.41) is 3.76. The third-order valence-corrected chi connectivity index (χ3v) is 6.21. The lowest BCUT2D eigenvalue weighted by Crippen LogP contribution is -2.48. The summed E-state index contributed by atoms with van der Waals surface area (Å²) in [6.07, 6.45) is 7.75. The highest BCUT2D eigenvalue weighted by molar-refractivity contribution is 5.21. The zero-order valence-corrected chi connectivity index (χ0v) is 12.6. The predicted octanol–water partition coefficient (Wildman–Crippen LogP) is 4.16. The molecule has 4 aliphatic rings. The highest BCUT2D eigenvalue weighted by Crippen LogP contribution is 2.56. The molecule has 1 aromatic rings. The normalized spacial score (nSPS) is 38.4. The van der Waals surface area contributed by atoms with Crippen LogP contribution in [0.25, 0.3) is 0 Å². The van der Waals surface area contributed by atoms with Gasteiger partial charge in [0.2, 0.25) is 0 Å². The lowest BCUT2D eigenvalue weighted by molar-refractivity contribution is -0.0355. The smallest absolute Gasteiger partial charge is 0.0205 e. The molecular formula is C19H27N. The average Bonchev–Trinajstić information content (AvgIpc) is 2.41. The SMILES string of the molecule is Cc1cccc(CNCC2C3CC4CC(C3)CC2C4)c1. The van der Waals surface area contributed by atoms with Gasteiger partial charge in [0, 0.05) is 6.54 Å². The zero-order chi connectivity index (χ0) is 13.5. The van der Waals surface area contributed by atoms with Gasteiger partial charge in [0.25, 0.3) is 0 Å². The van der Waals surface area contributed by atoms with Crippen LogP contribution in [0.1, 0.15) is 43.2 Å². The van der Waals surface area contributed by atoms with Gasteiger partial charge in [-0.15, -0.1) is 0 Å². The van der Waals surface area contributed by atoms with Gasteiger partial charge in [0.15, 0.2) is 0 Å². The largest absolute Gasteiger partial charge is 0.312 e. The van der Waals surface area contributed by atoms with Gasteiger partial charge < -0.3 is 5.32 Å². The molecule has 0 unspecified atom stereocenters. The topological polar surface area (TPSA) is 12.0 Å². The van der Waals surface area contributed by atoms with E-state index in [9.17, 15) is 0 Å². The fourth-order valence-electron chi connectivity index (χ4n) is 5.58. The molecule has 0 atom stereocenters. The van der Waals surface area contributed by atoms with Crippen LogP contribution in [0.15, 0.2) is 24.3 Å². The van der Waals surface area contributed by atoms with Crippen molar-refractivity contribution in [2.24, 2.45) is 29.6 Å². The third kappa shape index (κ3) is 2.41. The molecule has 4 fully saturated rings. The van der Waals surface area contributed by atoms with Gasteiger partial charge in [-0.2, -0.15) is 0 Å². The third-order valence-electron chi connectivity index (χ3n) is 6.21. The summed E-state index contributed by atoms with van der Waals surface area (Å²) in [6, 6.07) is 8.91. The standard InChI is InChI=1S/C19H27N/c1-13-3-2-4-14(5-13)11-20-12-19-17-7-15-6-16(9-17)10-18(19)8-15/h2-5,15-20H,6-12H2,1H3. The van der Waals surface area contributed by atoms with E-state index in [1.807, 2.05) is 0 Å². The van der Waals surface area contributed by atoms with Crippen LogP contribution in [0.3, 0.4) is 0 Å². The number of hydrogen-bond acceptors (Lipinski definition) is 1. The Morgan fingerprint density at radius 3 is 2.35 bits per heavy atom. The Balaban J connectivity index is 1.34. The molecule has 4 aliphatic carbocycles. The molecule has 4 saturated carbocycles. The fourth-order valence-corrected chi connectivity index (χ4v) is 5.58. The van der Waals surface area contributed by atoms with E-state index >= 15 is 0 Å². The van der Waals surface area contributed by atoms with Crippen LogP contribution >= 0.6 is 0 Å². The second-order valence-corrected chi connectivity index (χ2v) is 7.71. The second-order valence-electron chi connectivity index (χ2n) is 7.71. The Kier molecular flexibility index (Phi) is 3.34. The van der Waals surface area contributed by atoms with Gasteiger partial charge >= 0.3 is 0 Å². The van der Waals surface area contributed by atoms with E-state index in [2.05, 4.69) is 36.5 Å². The molecule has 4 bridgehead atoms. The second kappa shape index (κ2) is 5.18. The number of benzene rings is 1. The van der Waals surface area contributed by atoms with Crippen LogP contribution in [-0.4, -0.2) is 6.54 Å². The van der Waals surface area contributed by atoms with Crippen LogP contribution in [0, 0.1) is 36.5 Å². The highest BCUT2D eigenvalue weighted by Gasteiger charge is 2.47. The number of nitrogens with one attached hydrogen (secondary N) is 1. The first-order valence-electron chi connectivity index (χ1n) is 8.54. The number of rotatable bonds is 4. The Morgan fingerprint density at radius 2 is 1.70 bits per heavy atom. The van der Waals surface area contributed by atoms with Crippen LogP contribution in [0.5, 0.6) is 0 Å². The highest BCUT2D eigenvalue weighted by atomic mass is 14.9. The van der Waals surface area contributed by atoms with Gasteiger partial charge in [0.1, 0.15) is 0 Å². The van der Waals surface area contributed by atoms with Gasteiger partial charge in [-0.05, 0) is 80.7 Å². The summed E-state index contributed by atoms with van der Waals surface area (Å²) in [5.74, 6) is 5.29. The molecule has 0 heterocycles. The molecule has 1 N–H and O–H groups in total. The Morgan fingerprint density at radius 1 is 1.00 bits per heavy atom. The summed E-state index contributed by atoms with van der Waals surface area (Å²) in [6.45, 7) is 4.48. The minimum Gasteiger partial charge on any atom is -0.312 e. The van der Waals surface area contributed by atoms with E-state index in [1.165, 1.54) is 17.7 Å². The first kappa shape index (κ1) is 12.9. The van der Waals surface area contributed by atoms with Crippen LogP contribution < -0.4 is 5.32 Å². The van der Waals surface area contributed by atoms with E-state index < -0.39 is 0 Å². The molecular weight excluding hydrogens is 242 g/mol. The molecule has 0 saturated heterocycles. The monoisotopic (exact) mass is 269 g/mol. The zero-order valence-electron chi connectivity index (χ0n) is 12.6. The number of aryl methyl sites for hydroxylation is 1. The van der Waals surface area contributed by atoms with Gasteiger partial charge in [-0.25, -0.2) is 0 Å². The molecule has 5 rings (SSSR count). The Labute approximate surface area is 123 Å². The molecule has 0 aromatic heterocycles. The Bertz CT molecular complexity index is 450. The molecule has 0 radical (unpaired) electrons. The van der Waals surface area contributed by atoms with Crippen molar-refractivity contribution in [2.45, 2.75) is 45.6 Å². The first-order valence-corrected chi connectivity index (χ1v) is 8.54. The van der Waals surface area contributed by atoms with Gasteiger partial charge in [-0.1, -0.05) is 29.8 Å². The summed E-state index contributed by atoms with van der Waals surface area (Å²) >= 11 is 0. The summed E-state index contributed by atoms with van der Waals surface area (Å²) in [4.78, 5) is 0. The van der Waals surface area contributed by atoms with E-state index in [0.717, 1.165) is 36.1 Å². The maximum atomic E-state index is 3.76. The lowest BCUT2D eigenvalue weighted by Gasteiger charge is -2.54. The lowest BCUT2D eigenvalue weighted by atomic mass is 9.52. The van der Waals surface area contributed by atoms with Crippen molar-refractivity contribution in [1.29, 1.82) is 0 Å². The van der Waals surface area contributed by atoms with Crippen LogP contribution in [0.4, 0.5) is 0 Å². The Hall–Kier alpha value is -0.820. The van der Waals surface area contributed by atoms with Crippen LogP contribution in [0.2, 0.25) is 0 Å². The maximum Gasteiger partial charge on any atom is 0.0205 e. The van der Waals surface area contributed by atoms with Crippen molar-refractivity contribution in [3.05, 3.63) is 35.4 Å². The number of hydrogen-bond donors (Lipinski definition) is 1. The van der Waals surface area contributed by atoms with Gasteiger partial charge in [0.05, 0.1) is 0 Å². The molecule has 0 amide bonds. The van der Waals surface area contributed by atoms with Crippen molar-refractivity contribution < 1.29 is 0 Å². The fraction of sp³-hybridized carbons (Fsp3) is 0.684. The summed E-state index contributed by atoms with van der Waals surface area (Å²) in [5.41, 5.74) is 2.81. The van der Waals surface area contributed by atoms with Crippen molar-refractivity contribution in [3.8, 4) is 0 Å². The average molecular weight is 269 g/mol. The molecule has 20 heavy (non-hydrogen) atoms.